The molecule has 7 nitrogen and oxygen atoms in total. The van der Waals surface area contributed by atoms with Crippen molar-refractivity contribution in [1.29, 1.82) is 0 Å². The zero-order chi connectivity index (χ0) is 28.7. The Hall–Kier alpha value is -3.72. The Morgan fingerprint density at radius 1 is 0.897 bits per heavy atom. The molecule has 1 N–H and O–H groups in total. The number of sulfonamides is 1. The molecule has 0 spiro atoms. The van der Waals surface area contributed by atoms with E-state index in [1.807, 2.05) is 27.7 Å². The summed E-state index contributed by atoms with van der Waals surface area (Å²) >= 11 is 0. The molecule has 2 amide bonds. The highest BCUT2D eigenvalue weighted by Crippen LogP contribution is 2.25. The van der Waals surface area contributed by atoms with Crippen LogP contribution in [0.5, 0.6) is 0 Å². The second kappa shape index (κ2) is 12.9. The summed E-state index contributed by atoms with van der Waals surface area (Å²) < 4.78 is 43.2. The Bertz CT molecular complexity index is 1390. The van der Waals surface area contributed by atoms with Crippen LogP contribution < -0.4 is 9.62 Å². The topological polar surface area (TPSA) is 86.8 Å². The summed E-state index contributed by atoms with van der Waals surface area (Å²) in [4.78, 5) is 28.2. The molecular formula is C30H36FN3O4S. The first-order chi connectivity index (χ1) is 18.4. The van der Waals surface area contributed by atoms with Gasteiger partial charge < -0.3 is 10.2 Å². The Morgan fingerprint density at radius 3 is 2.03 bits per heavy atom. The first-order valence-corrected chi connectivity index (χ1v) is 14.4. The zero-order valence-electron chi connectivity index (χ0n) is 23.0. The van der Waals surface area contributed by atoms with Gasteiger partial charge in [0.25, 0.3) is 10.0 Å². The van der Waals surface area contributed by atoms with Crippen LogP contribution in [-0.4, -0.2) is 43.8 Å². The molecule has 0 unspecified atom stereocenters. The number of aryl methyl sites for hydroxylation is 2. The summed E-state index contributed by atoms with van der Waals surface area (Å²) in [6, 6.07) is 18.1. The molecule has 3 rings (SSSR count). The van der Waals surface area contributed by atoms with Crippen molar-refractivity contribution in [1.82, 2.24) is 10.2 Å². The number of nitrogens with one attached hydrogen (secondary N) is 1. The predicted molar refractivity (Wildman–Crippen MR) is 151 cm³/mol. The van der Waals surface area contributed by atoms with E-state index < -0.39 is 40.2 Å². The van der Waals surface area contributed by atoms with E-state index in [0.717, 1.165) is 15.4 Å². The number of carbonyl (C=O) groups excluding carboxylic acids is 2. The molecule has 0 aliphatic heterocycles. The third kappa shape index (κ3) is 7.44. The highest BCUT2D eigenvalue weighted by Gasteiger charge is 2.33. The van der Waals surface area contributed by atoms with Gasteiger partial charge in [-0.3, -0.25) is 13.9 Å². The standard InChI is InChI=1S/C30H36FN3O4S/c1-6-23(4)32-30(36)24(5)33(19-25-9-7-8-10-28(25)31)29(35)20-34(26-15-11-21(2)12-16-26)39(37,38)27-17-13-22(3)14-18-27/h7-18,23-24H,6,19-20H2,1-5H3,(H,32,36)/t23-,24-/m0/s1. The third-order valence-electron chi connectivity index (χ3n) is 6.68. The Morgan fingerprint density at radius 2 is 1.46 bits per heavy atom. The van der Waals surface area contributed by atoms with E-state index in [4.69, 9.17) is 0 Å². The maximum absolute atomic E-state index is 14.6. The molecule has 0 fully saturated rings. The van der Waals surface area contributed by atoms with Gasteiger partial charge in [-0.2, -0.15) is 0 Å². The number of carbonyl (C=O) groups is 2. The van der Waals surface area contributed by atoms with Crippen LogP contribution in [-0.2, 0) is 26.2 Å². The average molecular weight is 554 g/mol. The van der Waals surface area contributed by atoms with E-state index in [-0.39, 0.29) is 23.0 Å². The summed E-state index contributed by atoms with van der Waals surface area (Å²) in [5, 5.41) is 2.86. The first kappa shape index (κ1) is 29.8. The van der Waals surface area contributed by atoms with Gasteiger partial charge >= 0.3 is 0 Å². The second-order valence-electron chi connectivity index (χ2n) is 9.77. The minimum Gasteiger partial charge on any atom is -0.352 e. The van der Waals surface area contributed by atoms with Gasteiger partial charge in [0, 0.05) is 18.2 Å². The second-order valence-corrected chi connectivity index (χ2v) is 11.6. The molecule has 0 aliphatic carbocycles. The molecule has 0 heterocycles. The van der Waals surface area contributed by atoms with Gasteiger partial charge in [-0.1, -0.05) is 60.5 Å². The quantitative estimate of drug-likeness (QED) is 0.363. The molecule has 2 atom stereocenters. The highest BCUT2D eigenvalue weighted by molar-refractivity contribution is 7.92. The number of hydrogen-bond donors (Lipinski definition) is 1. The van der Waals surface area contributed by atoms with Crippen LogP contribution in [0.2, 0.25) is 0 Å². The largest absolute Gasteiger partial charge is 0.352 e. The fraction of sp³-hybridized carbons (Fsp3) is 0.333. The fourth-order valence-electron chi connectivity index (χ4n) is 3.94. The highest BCUT2D eigenvalue weighted by atomic mass is 32.2. The van der Waals surface area contributed by atoms with Crippen LogP contribution in [0.15, 0.2) is 77.7 Å². The van der Waals surface area contributed by atoms with Gasteiger partial charge in [0.1, 0.15) is 18.4 Å². The van der Waals surface area contributed by atoms with Crippen molar-refractivity contribution in [3.63, 3.8) is 0 Å². The Labute approximate surface area is 230 Å². The Balaban J connectivity index is 2.03. The number of anilines is 1. The summed E-state index contributed by atoms with van der Waals surface area (Å²) in [6.07, 6.45) is 0.690. The number of hydrogen-bond acceptors (Lipinski definition) is 4. The van der Waals surface area contributed by atoms with Crippen molar-refractivity contribution in [3.8, 4) is 0 Å². The van der Waals surface area contributed by atoms with Crippen molar-refractivity contribution >= 4 is 27.5 Å². The summed E-state index contributed by atoms with van der Waals surface area (Å²) in [5.74, 6) is -1.56. The van der Waals surface area contributed by atoms with Crippen LogP contribution in [0.4, 0.5) is 10.1 Å². The molecule has 0 radical (unpaired) electrons. The fourth-order valence-corrected chi connectivity index (χ4v) is 5.35. The zero-order valence-corrected chi connectivity index (χ0v) is 23.8. The molecule has 3 aromatic carbocycles. The maximum atomic E-state index is 14.6. The Kier molecular flexibility index (Phi) is 9.86. The monoisotopic (exact) mass is 553 g/mol. The lowest BCUT2D eigenvalue weighted by Gasteiger charge is -2.32. The average Bonchev–Trinajstić information content (AvgIpc) is 2.91. The number of nitrogens with zero attached hydrogens (tertiary/aromatic N) is 2. The van der Waals surface area contributed by atoms with Crippen LogP contribution in [0, 0.1) is 19.7 Å². The molecule has 3 aromatic rings. The molecule has 0 saturated heterocycles. The molecular weight excluding hydrogens is 517 g/mol. The third-order valence-corrected chi connectivity index (χ3v) is 8.46. The lowest BCUT2D eigenvalue weighted by Crippen LogP contribution is -2.52. The number of benzene rings is 3. The molecule has 0 aliphatic rings. The van der Waals surface area contributed by atoms with E-state index in [2.05, 4.69) is 5.32 Å². The molecule has 0 bridgehead atoms. The lowest BCUT2D eigenvalue weighted by molar-refractivity contribution is -0.139. The minimum atomic E-state index is -4.15. The van der Waals surface area contributed by atoms with E-state index in [1.54, 1.807) is 49.4 Å². The predicted octanol–water partition coefficient (Wildman–Crippen LogP) is 4.97. The van der Waals surface area contributed by atoms with Crippen LogP contribution in [0.1, 0.15) is 43.9 Å². The SMILES string of the molecule is CC[C@H](C)NC(=O)[C@H](C)N(Cc1ccccc1F)C(=O)CN(c1ccc(C)cc1)S(=O)(=O)c1ccc(C)cc1. The summed E-state index contributed by atoms with van der Waals surface area (Å²) in [6.45, 7) is 8.28. The number of amides is 2. The molecule has 0 aromatic heterocycles. The minimum absolute atomic E-state index is 0.0321. The van der Waals surface area contributed by atoms with Crippen LogP contribution >= 0.6 is 0 Å². The van der Waals surface area contributed by atoms with Gasteiger partial charge in [0.2, 0.25) is 11.8 Å². The van der Waals surface area contributed by atoms with Crippen LogP contribution in [0.3, 0.4) is 0 Å². The van der Waals surface area contributed by atoms with Gasteiger partial charge in [-0.05, 0) is 64.4 Å². The molecule has 9 heteroatoms. The van der Waals surface area contributed by atoms with Gasteiger partial charge in [0.15, 0.2) is 0 Å². The van der Waals surface area contributed by atoms with Crippen molar-refractivity contribution in [2.24, 2.45) is 0 Å². The van der Waals surface area contributed by atoms with Crippen molar-refractivity contribution in [2.45, 2.75) is 64.6 Å². The van der Waals surface area contributed by atoms with Crippen LogP contribution in [0.25, 0.3) is 0 Å². The van der Waals surface area contributed by atoms with Gasteiger partial charge in [-0.25, -0.2) is 12.8 Å². The van der Waals surface area contributed by atoms with E-state index in [1.165, 1.54) is 35.2 Å². The van der Waals surface area contributed by atoms with Crippen molar-refractivity contribution in [2.75, 3.05) is 10.8 Å². The van der Waals surface area contributed by atoms with Crippen molar-refractivity contribution < 1.29 is 22.4 Å². The van der Waals surface area contributed by atoms with Gasteiger partial charge in [0.05, 0.1) is 10.6 Å². The van der Waals surface area contributed by atoms with Gasteiger partial charge in [-0.15, -0.1) is 0 Å². The van der Waals surface area contributed by atoms with Crippen molar-refractivity contribution in [3.05, 3.63) is 95.3 Å². The normalized spacial score (nSPS) is 12.9. The number of halogens is 1. The molecule has 39 heavy (non-hydrogen) atoms. The smallest absolute Gasteiger partial charge is 0.264 e. The van der Waals surface area contributed by atoms with E-state index in [9.17, 15) is 22.4 Å². The maximum Gasteiger partial charge on any atom is 0.264 e. The molecule has 0 saturated carbocycles. The van der Waals surface area contributed by atoms with E-state index in [0.29, 0.717) is 12.1 Å². The number of rotatable bonds is 11. The lowest BCUT2D eigenvalue weighted by atomic mass is 10.1. The molecule has 208 valence electrons. The summed E-state index contributed by atoms with van der Waals surface area (Å²) in [5.41, 5.74) is 2.34. The summed E-state index contributed by atoms with van der Waals surface area (Å²) in [7, 11) is -4.15. The van der Waals surface area contributed by atoms with E-state index >= 15 is 0 Å². The first-order valence-electron chi connectivity index (χ1n) is 12.9.